The van der Waals surface area contributed by atoms with Gasteiger partial charge in [0.2, 0.25) is 0 Å². The second-order valence-electron chi connectivity index (χ2n) is 4.29. The van der Waals surface area contributed by atoms with Gasteiger partial charge < -0.3 is 9.84 Å². The van der Waals surface area contributed by atoms with Gasteiger partial charge in [-0.3, -0.25) is 4.79 Å². The molecule has 2 unspecified atom stereocenters. The minimum absolute atomic E-state index is 0.0178. The lowest BCUT2D eigenvalue weighted by molar-refractivity contribution is -0.143. The Balaban J connectivity index is 2.55. The third-order valence-electron chi connectivity index (χ3n) is 3.18. The Hall–Kier alpha value is -0.353. The molecule has 0 amide bonds. The summed E-state index contributed by atoms with van der Waals surface area (Å²) in [6, 6.07) is 0. The molecule has 82 valence electrons. The van der Waals surface area contributed by atoms with Crippen molar-refractivity contribution in [3.05, 3.63) is 0 Å². The van der Waals surface area contributed by atoms with Crippen molar-refractivity contribution in [3.8, 4) is 0 Å². The van der Waals surface area contributed by atoms with E-state index in [2.05, 4.69) is 6.55 Å². The summed E-state index contributed by atoms with van der Waals surface area (Å²) in [5.74, 6) is -0.957. The lowest BCUT2D eigenvalue weighted by Gasteiger charge is -2.37. The highest BCUT2D eigenvalue weighted by molar-refractivity contribution is 6.37. The molecule has 0 radical (unpaired) electrons. The van der Waals surface area contributed by atoms with Gasteiger partial charge >= 0.3 is 5.97 Å². The van der Waals surface area contributed by atoms with Gasteiger partial charge in [0.1, 0.15) is 0 Å². The van der Waals surface area contributed by atoms with Gasteiger partial charge in [-0.2, -0.15) is 0 Å². The number of carboxylic acid groups (broad SMARTS) is 1. The van der Waals surface area contributed by atoms with Crippen LogP contribution in [-0.4, -0.2) is 32.4 Å². The van der Waals surface area contributed by atoms with Gasteiger partial charge in [-0.05, 0) is 25.7 Å². The molecule has 1 N–H and O–H groups in total. The van der Waals surface area contributed by atoms with Crippen LogP contribution in [0, 0.1) is 5.92 Å². The molecule has 1 aliphatic heterocycles. The number of carbonyl (C=O) groups is 1. The number of carboxylic acids is 1. The van der Waals surface area contributed by atoms with Crippen molar-refractivity contribution in [1.29, 1.82) is 0 Å². The van der Waals surface area contributed by atoms with E-state index >= 15 is 0 Å². The maximum Gasteiger partial charge on any atom is 0.306 e. The number of hydrogen-bond acceptors (Lipinski definition) is 2. The summed E-state index contributed by atoms with van der Waals surface area (Å²) in [5, 5.41) is 8.86. The summed E-state index contributed by atoms with van der Waals surface area (Å²) in [7, 11) is -0.299. The number of rotatable bonds is 4. The maximum absolute atomic E-state index is 10.8. The first kappa shape index (κ1) is 11.7. The first-order chi connectivity index (χ1) is 6.59. The zero-order chi connectivity index (χ0) is 10.6. The molecule has 0 aromatic heterocycles. The quantitative estimate of drug-likeness (QED) is 0.719. The predicted molar refractivity (Wildman–Crippen MR) is 58.4 cm³/mol. The van der Waals surface area contributed by atoms with Crippen LogP contribution in [0.25, 0.3) is 0 Å². The van der Waals surface area contributed by atoms with E-state index in [1.165, 1.54) is 6.42 Å². The second kappa shape index (κ2) is 4.93. The Morgan fingerprint density at radius 2 is 2.36 bits per heavy atom. The van der Waals surface area contributed by atoms with Crippen molar-refractivity contribution >= 4 is 15.5 Å². The minimum Gasteiger partial charge on any atom is -0.481 e. The smallest absolute Gasteiger partial charge is 0.306 e. The molecule has 0 bridgehead atoms. The molecular weight excluding hydrogens is 196 g/mol. The van der Waals surface area contributed by atoms with Crippen LogP contribution >= 0.6 is 0 Å². The van der Waals surface area contributed by atoms with Crippen LogP contribution in [0.3, 0.4) is 0 Å². The fraction of sp³-hybridized carbons (Fsp3) is 0.900. The average Bonchev–Trinajstić information content (AvgIpc) is 2.19. The largest absolute Gasteiger partial charge is 0.481 e. The Labute approximate surface area is 87.7 Å². The molecule has 0 aromatic carbocycles. The molecule has 0 saturated carbocycles. The Morgan fingerprint density at radius 1 is 1.64 bits per heavy atom. The molecule has 0 aliphatic carbocycles. The highest BCUT2D eigenvalue weighted by Gasteiger charge is 2.34. The van der Waals surface area contributed by atoms with Crippen LogP contribution in [0.1, 0.15) is 32.6 Å². The Bertz CT molecular complexity index is 200. The highest BCUT2D eigenvalue weighted by Crippen LogP contribution is 2.30. The van der Waals surface area contributed by atoms with E-state index in [4.69, 9.17) is 9.84 Å². The van der Waals surface area contributed by atoms with E-state index in [-0.39, 0.29) is 20.7 Å². The van der Waals surface area contributed by atoms with Crippen molar-refractivity contribution < 1.29 is 14.6 Å². The molecule has 1 heterocycles. The zero-order valence-electron chi connectivity index (χ0n) is 9.08. The molecule has 1 rings (SSSR count). The van der Waals surface area contributed by atoms with E-state index in [0.717, 1.165) is 19.4 Å². The normalized spacial score (nSPS) is 30.7. The van der Waals surface area contributed by atoms with E-state index in [1.807, 2.05) is 0 Å². The standard InChI is InChI=1S/C10H20O3Si/c1-8(9(11)12)7-10(14-2)5-3-4-6-13-10/h8H,3-7,14H2,1-2H3,(H,11,12). The predicted octanol–water partition coefficient (Wildman–Crippen LogP) is 1.21. The van der Waals surface area contributed by atoms with Crippen molar-refractivity contribution in [2.24, 2.45) is 5.92 Å². The lowest BCUT2D eigenvalue weighted by Crippen LogP contribution is -2.43. The SMILES string of the molecule is C[SiH2]C1(CC(C)C(=O)O)CCCCO1. The van der Waals surface area contributed by atoms with Gasteiger partial charge in [-0.15, -0.1) is 0 Å². The summed E-state index contributed by atoms with van der Waals surface area (Å²) in [6.07, 6.45) is 4.13. The van der Waals surface area contributed by atoms with Crippen LogP contribution < -0.4 is 0 Å². The van der Waals surface area contributed by atoms with Gasteiger partial charge in [0, 0.05) is 6.61 Å². The van der Waals surface area contributed by atoms with Crippen LogP contribution in [0.2, 0.25) is 6.55 Å². The lowest BCUT2D eigenvalue weighted by atomic mass is 9.97. The van der Waals surface area contributed by atoms with Crippen LogP contribution in [-0.2, 0) is 9.53 Å². The second-order valence-corrected chi connectivity index (χ2v) is 6.28. The summed E-state index contributed by atoms with van der Waals surface area (Å²) >= 11 is 0. The summed E-state index contributed by atoms with van der Waals surface area (Å²) in [4.78, 5) is 10.8. The molecule has 0 aromatic rings. The van der Waals surface area contributed by atoms with Crippen molar-refractivity contribution in [3.63, 3.8) is 0 Å². The Kier molecular flexibility index (Phi) is 4.13. The average molecular weight is 216 g/mol. The van der Waals surface area contributed by atoms with Crippen molar-refractivity contribution in [1.82, 2.24) is 0 Å². The molecule has 4 heteroatoms. The van der Waals surface area contributed by atoms with Gasteiger partial charge in [-0.25, -0.2) is 0 Å². The van der Waals surface area contributed by atoms with E-state index < -0.39 is 5.97 Å². The molecule has 14 heavy (non-hydrogen) atoms. The summed E-state index contributed by atoms with van der Waals surface area (Å²) in [6.45, 7) is 4.83. The van der Waals surface area contributed by atoms with Crippen molar-refractivity contribution in [2.75, 3.05) is 6.61 Å². The first-order valence-electron chi connectivity index (χ1n) is 5.46. The minimum atomic E-state index is -0.694. The molecule has 0 spiro atoms. The van der Waals surface area contributed by atoms with Crippen molar-refractivity contribution in [2.45, 2.75) is 44.4 Å². The van der Waals surface area contributed by atoms with Crippen LogP contribution in [0.15, 0.2) is 0 Å². The maximum atomic E-state index is 10.8. The first-order valence-corrected chi connectivity index (χ1v) is 7.58. The molecule has 2 atom stereocenters. The Morgan fingerprint density at radius 3 is 2.79 bits per heavy atom. The highest BCUT2D eigenvalue weighted by atomic mass is 28.2. The van der Waals surface area contributed by atoms with E-state index in [0.29, 0.717) is 6.42 Å². The van der Waals surface area contributed by atoms with Crippen LogP contribution in [0.4, 0.5) is 0 Å². The third-order valence-corrected chi connectivity index (χ3v) is 5.31. The molecule has 1 saturated heterocycles. The van der Waals surface area contributed by atoms with Gasteiger partial charge in [0.15, 0.2) is 0 Å². The molecule has 1 fully saturated rings. The van der Waals surface area contributed by atoms with E-state index in [1.54, 1.807) is 6.92 Å². The number of aliphatic carboxylic acids is 1. The fourth-order valence-corrected chi connectivity index (χ4v) is 3.81. The third kappa shape index (κ3) is 2.82. The monoisotopic (exact) mass is 216 g/mol. The number of ether oxygens (including phenoxy) is 1. The molecular formula is C10H20O3Si. The van der Waals surface area contributed by atoms with Crippen LogP contribution in [0.5, 0.6) is 0 Å². The molecule has 1 aliphatic rings. The molecule has 3 nitrogen and oxygen atoms in total. The summed E-state index contributed by atoms with van der Waals surface area (Å²) in [5.41, 5.74) is 0. The summed E-state index contributed by atoms with van der Waals surface area (Å²) < 4.78 is 5.83. The zero-order valence-corrected chi connectivity index (χ0v) is 10.5. The fourth-order valence-electron chi connectivity index (χ4n) is 2.14. The number of hydrogen-bond donors (Lipinski definition) is 1. The van der Waals surface area contributed by atoms with Gasteiger partial charge in [-0.1, -0.05) is 13.5 Å². The van der Waals surface area contributed by atoms with E-state index in [9.17, 15) is 4.79 Å². The topological polar surface area (TPSA) is 46.5 Å². The van der Waals surface area contributed by atoms with Gasteiger partial charge in [0.05, 0.1) is 20.7 Å². The van der Waals surface area contributed by atoms with Gasteiger partial charge in [0.25, 0.3) is 0 Å².